The highest BCUT2D eigenvalue weighted by molar-refractivity contribution is 5.41. The third kappa shape index (κ3) is 1.49. The van der Waals surface area contributed by atoms with E-state index in [1.807, 2.05) is 6.92 Å². The van der Waals surface area contributed by atoms with E-state index in [4.69, 9.17) is 0 Å². The molecule has 1 aliphatic rings. The monoisotopic (exact) mass is 218 g/mol. The van der Waals surface area contributed by atoms with Crippen molar-refractivity contribution in [2.75, 3.05) is 0 Å². The van der Waals surface area contributed by atoms with Gasteiger partial charge in [0.05, 0.1) is 5.60 Å². The van der Waals surface area contributed by atoms with Gasteiger partial charge in [0, 0.05) is 0 Å². The minimum absolute atomic E-state index is 0.0623. The molecule has 0 aromatic heterocycles. The molecule has 16 heavy (non-hydrogen) atoms. The normalized spacial score (nSPS) is 32.2. The zero-order valence-electron chi connectivity index (χ0n) is 11.0. The standard InChI is InChI=1S/C15H22O/c1-10-6-7-12-11(2)9-14(3,4)15(5,16)13(12)8-10/h6-8,11,16H,9H2,1-5H3. The van der Waals surface area contributed by atoms with Gasteiger partial charge in [0.15, 0.2) is 0 Å². The predicted octanol–water partition coefficient (Wildman–Crippen LogP) is 3.74. The quantitative estimate of drug-likeness (QED) is 0.703. The summed E-state index contributed by atoms with van der Waals surface area (Å²) in [6, 6.07) is 6.47. The summed E-state index contributed by atoms with van der Waals surface area (Å²) in [6.07, 6.45) is 1.04. The van der Waals surface area contributed by atoms with Crippen molar-refractivity contribution in [2.24, 2.45) is 5.41 Å². The summed E-state index contributed by atoms with van der Waals surface area (Å²) in [5.41, 5.74) is 2.88. The largest absolute Gasteiger partial charge is 0.385 e. The van der Waals surface area contributed by atoms with E-state index in [9.17, 15) is 5.11 Å². The number of aliphatic hydroxyl groups is 1. The van der Waals surface area contributed by atoms with E-state index in [1.54, 1.807) is 0 Å². The maximum atomic E-state index is 10.8. The van der Waals surface area contributed by atoms with E-state index in [0.717, 1.165) is 12.0 Å². The lowest BCUT2D eigenvalue weighted by atomic mass is 9.60. The summed E-state index contributed by atoms with van der Waals surface area (Å²) in [4.78, 5) is 0. The van der Waals surface area contributed by atoms with Crippen LogP contribution in [0.1, 0.15) is 56.7 Å². The first-order chi connectivity index (χ1) is 7.25. The van der Waals surface area contributed by atoms with E-state index < -0.39 is 5.60 Å². The Labute approximate surface area is 98.5 Å². The second-order valence-corrected chi connectivity index (χ2v) is 6.15. The van der Waals surface area contributed by atoms with Crippen LogP contribution in [0, 0.1) is 12.3 Å². The van der Waals surface area contributed by atoms with Crippen LogP contribution in [-0.4, -0.2) is 5.11 Å². The molecule has 1 nitrogen and oxygen atoms in total. The molecule has 0 heterocycles. The van der Waals surface area contributed by atoms with Crippen molar-refractivity contribution in [1.29, 1.82) is 0 Å². The molecule has 2 rings (SSSR count). The molecule has 1 heteroatoms. The van der Waals surface area contributed by atoms with Crippen molar-refractivity contribution in [3.63, 3.8) is 0 Å². The molecule has 0 radical (unpaired) electrons. The summed E-state index contributed by atoms with van der Waals surface area (Å²) in [5, 5.41) is 10.8. The van der Waals surface area contributed by atoms with Crippen LogP contribution in [0.15, 0.2) is 18.2 Å². The fraction of sp³-hybridized carbons (Fsp3) is 0.600. The lowest BCUT2D eigenvalue weighted by Crippen LogP contribution is -2.44. The molecule has 0 saturated carbocycles. The number of aryl methyl sites for hydroxylation is 1. The van der Waals surface area contributed by atoms with E-state index in [-0.39, 0.29) is 5.41 Å². The highest BCUT2D eigenvalue weighted by atomic mass is 16.3. The number of benzene rings is 1. The first-order valence-electron chi connectivity index (χ1n) is 6.09. The Morgan fingerprint density at radius 2 is 1.88 bits per heavy atom. The maximum absolute atomic E-state index is 10.8. The molecular formula is C15H22O. The van der Waals surface area contributed by atoms with Gasteiger partial charge in [-0.15, -0.1) is 0 Å². The summed E-state index contributed by atoms with van der Waals surface area (Å²) in [7, 11) is 0. The van der Waals surface area contributed by atoms with Gasteiger partial charge >= 0.3 is 0 Å². The Bertz CT molecular complexity index is 415. The first-order valence-corrected chi connectivity index (χ1v) is 6.09. The lowest BCUT2D eigenvalue weighted by molar-refractivity contribution is -0.0738. The molecule has 0 fully saturated rings. The Kier molecular flexibility index (Phi) is 2.43. The molecule has 88 valence electrons. The third-order valence-corrected chi connectivity index (χ3v) is 4.40. The number of hydrogen-bond donors (Lipinski definition) is 1. The highest BCUT2D eigenvalue weighted by Crippen LogP contribution is 2.52. The SMILES string of the molecule is Cc1ccc2c(c1)C(C)(O)C(C)(C)CC2C. The van der Waals surface area contributed by atoms with Crippen LogP contribution >= 0.6 is 0 Å². The molecule has 0 amide bonds. The van der Waals surface area contributed by atoms with E-state index in [1.165, 1.54) is 11.1 Å². The van der Waals surface area contributed by atoms with Gasteiger partial charge in [-0.05, 0) is 42.7 Å². The number of fused-ring (bicyclic) bond motifs is 1. The van der Waals surface area contributed by atoms with Gasteiger partial charge in [0.1, 0.15) is 0 Å². The van der Waals surface area contributed by atoms with Crippen molar-refractivity contribution in [3.05, 3.63) is 34.9 Å². The lowest BCUT2D eigenvalue weighted by Gasteiger charge is -2.48. The number of rotatable bonds is 0. The van der Waals surface area contributed by atoms with Crippen molar-refractivity contribution >= 4 is 0 Å². The smallest absolute Gasteiger partial charge is 0.0922 e. The predicted molar refractivity (Wildman–Crippen MR) is 67.6 cm³/mol. The Morgan fingerprint density at radius 1 is 1.25 bits per heavy atom. The minimum Gasteiger partial charge on any atom is -0.385 e. The topological polar surface area (TPSA) is 20.2 Å². The molecule has 1 aromatic carbocycles. The van der Waals surface area contributed by atoms with Crippen LogP contribution in [0.25, 0.3) is 0 Å². The van der Waals surface area contributed by atoms with Crippen LogP contribution in [0.5, 0.6) is 0 Å². The van der Waals surface area contributed by atoms with Gasteiger partial charge in [0.25, 0.3) is 0 Å². The first kappa shape index (κ1) is 11.7. The minimum atomic E-state index is -0.721. The molecule has 0 bridgehead atoms. The second-order valence-electron chi connectivity index (χ2n) is 6.15. The van der Waals surface area contributed by atoms with Crippen LogP contribution < -0.4 is 0 Å². The summed E-state index contributed by atoms with van der Waals surface area (Å²) in [5.74, 6) is 0.533. The zero-order valence-corrected chi connectivity index (χ0v) is 11.0. The molecule has 2 atom stereocenters. The van der Waals surface area contributed by atoms with Gasteiger partial charge in [-0.25, -0.2) is 0 Å². The van der Waals surface area contributed by atoms with Gasteiger partial charge in [-0.1, -0.05) is 44.5 Å². The number of hydrogen-bond acceptors (Lipinski definition) is 1. The maximum Gasteiger partial charge on any atom is 0.0922 e. The average Bonchev–Trinajstić information content (AvgIpc) is 2.14. The van der Waals surface area contributed by atoms with Crippen LogP contribution in [0.4, 0.5) is 0 Å². The van der Waals surface area contributed by atoms with Crippen LogP contribution in [0.3, 0.4) is 0 Å². The van der Waals surface area contributed by atoms with Gasteiger partial charge in [-0.2, -0.15) is 0 Å². The fourth-order valence-corrected chi connectivity index (χ4v) is 2.96. The molecule has 1 aliphatic carbocycles. The third-order valence-electron chi connectivity index (χ3n) is 4.40. The summed E-state index contributed by atoms with van der Waals surface area (Å²) < 4.78 is 0. The van der Waals surface area contributed by atoms with Crippen molar-refractivity contribution in [1.82, 2.24) is 0 Å². The van der Waals surface area contributed by atoms with E-state index in [2.05, 4.69) is 45.9 Å². The van der Waals surface area contributed by atoms with Gasteiger partial charge in [0.2, 0.25) is 0 Å². The van der Waals surface area contributed by atoms with Crippen molar-refractivity contribution in [2.45, 2.75) is 52.6 Å². The Hall–Kier alpha value is -0.820. The molecule has 2 unspecified atom stereocenters. The van der Waals surface area contributed by atoms with Gasteiger partial charge < -0.3 is 5.11 Å². The van der Waals surface area contributed by atoms with Crippen LogP contribution in [0.2, 0.25) is 0 Å². The average molecular weight is 218 g/mol. The zero-order chi connectivity index (χ0) is 12.1. The molecule has 0 spiro atoms. The fourth-order valence-electron chi connectivity index (χ4n) is 2.96. The Balaban J connectivity index is 2.66. The molecule has 1 N–H and O–H groups in total. The summed E-state index contributed by atoms with van der Waals surface area (Å²) in [6.45, 7) is 10.6. The van der Waals surface area contributed by atoms with E-state index >= 15 is 0 Å². The van der Waals surface area contributed by atoms with Crippen molar-refractivity contribution in [3.8, 4) is 0 Å². The Morgan fingerprint density at radius 3 is 2.50 bits per heavy atom. The van der Waals surface area contributed by atoms with Crippen LogP contribution in [-0.2, 0) is 5.60 Å². The molecular weight excluding hydrogens is 196 g/mol. The van der Waals surface area contributed by atoms with Gasteiger partial charge in [-0.3, -0.25) is 0 Å². The molecule has 0 saturated heterocycles. The molecule has 1 aromatic rings. The van der Waals surface area contributed by atoms with Crippen molar-refractivity contribution < 1.29 is 5.11 Å². The second kappa shape index (κ2) is 3.33. The molecule has 0 aliphatic heterocycles. The highest BCUT2D eigenvalue weighted by Gasteiger charge is 2.46. The van der Waals surface area contributed by atoms with E-state index in [0.29, 0.717) is 5.92 Å². The summed E-state index contributed by atoms with van der Waals surface area (Å²) >= 11 is 0.